The minimum absolute atomic E-state index is 0.149. The van der Waals surface area contributed by atoms with E-state index in [9.17, 15) is 9.50 Å². The minimum Gasteiger partial charge on any atom is -0.393 e. The molecule has 1 saturated heterocycles. The van der Waals surface area contributed by atoms with E-state index in [4.69, 9.17) is 0 Å². The molecule has 2 fully saturated rings. The van der Waals surface area contributed by atoms with Gasteiger partial charge in [-0.2, -0.15) is 0 Å². The largest absolute Gasteiger partial charge is 0.393 e. The van der Waals surface area contributed by atoms with Gasteiger partial charge in [0.05, 0.1) is 11.8 Å². The Morgan fingerprint density at radius 3 is 2.85 bits per heavy atom. The molecule has 1 saturated carbocycles. The molecule has 0 bridgehead atoms. The summed E-state index contributed by atoms with van der Waals surface area (Å²) in [5.74, 6) is 0.0382. The first kappa shape index (κ1) is 13.8. The molecule has 2 aliphatic rings. The van der Waals surface area contributed by atoms with Gasteiger partial charge in [0.25, 0.3) is 0 Å². The van der Waals surface area contributed by atoms with Crippen molar-refractivity contribution in [1.29, 1.82) is 0 Å². The smallest absolute Gasteiger partial charge is 0.146 e. The van der Waals surface area contributed by atoms with Crippen molar-refractivity contribution < 1.29 is 9.50 Å². The summed E-state index contributed by atoms with van der Waals surface area (Å²) in [5, 5.41) is 13.3. The van der Waals surface area contributed by atoms with Crippen LogP contribution >= 0.6 is 0 Å². The molecule has 1 aliphatic heterocycles. The normalized spacial score (nSPS) is 26.9. The Bertz CT molecular complexity index is 476. The van der Waals surface area contributed by atoms with Crippen molar-refractivity contribution in [2.24, 2.45) is 5.92 Å². The molecule has 3 rings (SSSR count). The first-order valence-corrected chi connectivity index (χ1v) is 7.59. The van der Waals surface area contributed by atoms with E-state index in [1.807, 2.05) is 13.0 Å². The Morgan fingerprint density at radius 2 is 2.15 bits per heavy atom. The van der Waals surface area contributed by atoms with Gasteiger partial charge in [0.2, 0.25) is 0 Å². The Kier molecular flexibility index (Phi) is 3.94. The van der Waals surface area contributed by atoms with Crippen molar-refractivity contribution >= 4 is 5.69 Å². The highest BCUT2D eigenvalue weighted by Crippen LogP contribution is 2.30. The van der Waals surface area contributed by atoms with E-state index in [2.05, 4.69) is 10.2 Å². The summed E-state index contributed by atoms with van der Waals surface area (Å²) in [6.45, 7) is 4.20. The number of para-hydroxylation sites is 1. The second-order valence-electron chi connectivity index (χ2n) is 6.18. The lowest BCUT2D eigenvalue weighted by atomic mass is 9.95. The van der Waals surface area contributed by atoms with Crippen LogP contribution in [0.1, 0.15) is 31.7 Å². The van der Waals surface area contributed by atoms with Crippen molar-refractivity contribution in [3.8, 4) is 0 Å². The van der Waals surface area contributed by atoms with E-state index in [0.717, 1.165) is 30.9 Å². The fourth-order valence-electron chi connectivity index (χ4n) is 2.93. The van der Waals surface area contributed by atoms with Crippen LogP contribution < -0.4 is 10.2 Å². The number of aliphatic hydroxyl groups is 1. The molecule has 2 atom stereocenters. The molecular formula is C16H23FN2O. The zero-order valence-corrected chi connectivity index (χ0v) is 12.0. The van der Waals surface area contributed by atoms with Crippen LogP contribution in [0.4, 0.5) is 10.1 Å². The number of aliphatic hydroxyl groups excluding tert-OH is 1. The fraction of sp³-hybridized carbons (Fsp3) is 0.625. The lowest BCUT2D eigenvalue weighted by molar-refractivity contribution is 0.0968. The maximum atomic E-state index is 14.3. The molecule has 4 heteroatoms. The topological polar surface area (TPSA) is 35.5 Å². The van der Waals surface area contributed by atoms with Crippen molar-refractivity contribution in [3.63, 3.8) is 0 Å². The van der Waals surface area contributed by atoms with Gasteiger partial charge in [-0.15, -0.1) is 0 Å². The molecule has 1 heterocycles. The van der Waals surface area contributed by atoms with Crippen molar-refractivity contribution in [1.82, 2.24) is 5.32 Å². The maximum Gasteiger partial charge on any atom is 0.146 e. The van der Waals surface area contributed by atoms with Crippen LogP contribution in [0.15, 0.2) is 18.2 Å². The molecule has 2 N–H and O–H groups in total. The van der Waals surface area contributed by atoms with Gasteiger partial charge in [-0.1, -0.05) is 19.1 Å². The van der Waals surface area contributed by atoms with Crippen molar-refractivity contribution in [2.75, 3.05) is 18.0 Å². The number of anilines is 1. The Morgan fingerprint density at radius 1 is 1.35 bits per heavy atom. The first-order chi connectivity index (χ1) is 9.65. The molecule has 0 aromatic heterocycles. The Hall–Kier alpha value is -1.13. The predicted molar refractivity (Wildman–Crippen MR) is 78.3 cm³/mol. The van der Waals surface area contributed by atoms with Crippen molar-refractivity contribution in [3.05, 3.63) is 29.6 Å². The lowest BCUT2D eigenvalue weighted by Gasteiger charge is -2.37. The summed E-state index contributed by atoms with van der Waals surface area (Å²) in [4.78, 5) is 2.09. The number of rotatable bonds is 4. The van der Waals surface area contributed by atoms with Gasteiger partial charge in [0.1, 0.15) is 5.82 Å². The number of piperidine rings is 1. The molecular weight excluding hydrogens is 255 g/mol. The zero-order valence-electron chi connectivity index (χ0n) is 12.0. The highest BCUT2D eigenvalue weighted by molar-refractivity contribution is 5.55. The quantitative estimate of drug-likeness (QED) is 0.887. The monoisotopic (exact) mass is 278 g/mol. The molecule has 1 aromatic rings. The van der Waals surface area contributed by atoms with E-state index in [1.165, 1.54) is 18.9 Å². The summed E-state index contributed by atoms with van der Waals surface area (Å²) in [5.41, 5.74) is 1.75. The van der Waals surface area contributed by atoms with Gasteiger partial charge >= 0.3 is 0 Å². The predicted octanol–water partition coefficient (Wildman–Crippen LogP) is 2.28. The zero-order chi connectivity index (χ0) is 14.1. The second kappa shape index (κ2) is 5.70. The molecule has 0 spiro atoms. The van der Waals surface area contributed by atoms with Gasteiger partial charge in [-0.3, -0.25) is 0 Å². The van der Waals surface area contributed by atoms with E-state index in [0.29, 0.717) is 12.5 Å². The second-order valence-corrected chi connectivity index (χ2v) is 6.18. The van der Waals surface area contributed by atoms with Gasteiger partial charge in [0, 0.05) is 25.7 Å². The lowest BCUT2D eigenvalue weighted by Crippen LogP contribution is -2.42. The van der Waals surface area contributed by atoms with E-state index < -0.39 is 0 Å². The molecule has 0 radical (unpaired) electrons. The van der Waals surface area contributed by atoms with Crippen LogP contribution in [0.5, 0.6) is 0 Å². The van der Waals surface area contributed by atoms with Crippen LogP contribution in [-0.4, -0.2) is 30.3 Å². The molecule has 20 heavy (non-hydrogen) atoms. The highest BCUT2D eigenvalue weighted by atomic mass is 19.1. The number of halogens is 1. The summed E-state index contributed by atoms with van der Waals surface area (Å²) in [6, 6.07) is 5.94. The van der Waals surface area contributed by atoms with Gasteiger partial charge in [-0.05, 0) is 36.8 Å². The van der Waals surface area contributed by atoms with Crippen LogP contribution in [0.3, 0.4) is 0 Å². The average molecular weight is 278 g/mol. The fourth-order valence-corrected chi connectivity index (χ4v) is 2.93. The van der Waals surface area contributed by atoms with Crippen LogP contribution in [0, 0.1) is 11.7 Å². The van der Waals surface area contributed by atoms with Crippen LogP contribution in [-0.2, 0) is 6.54 Å². The molecule has 1 aromatic carbocycles. The number of nitrogens with zero attached hydrogens (tertiary/aromatic N) is 1. The molecule has 110 valence electrons. The molecule has 0 amide bonds. The minimum atomic E-state index is -0.258. The highest BCUT2D eigenvalue weighted by Gasteiger charge is 2.27. The summed E-state index contributed by atoms with van der Waals surface area (Å²) >= 11 is 0. The number of nitrogens with one attached hydrogen (secondary N) is 1. The van der Waals surface area contributed by atoms with Crippen LogP contribution in [0.25, 0.3) is 0 Å². The van der Waals surface area contributed by atoms with Crippen LogP contribution in [0.2, 0.25) is 0 Å². The summed E-state index contributed by atoms with van der Waals surface area (Å²) < 4.78 is 14.3. The first-order valence-electron chi connectivity index (χ1n) is 7.59. The summed E-state index contributed by atoms with van der Waals surface area (Å²) in [7, 11) is 0. The number of benzene rings is 1. The Balaban J connectivity index is 1.79. The average Bonchev–Trinajstić information content (AvgIpc) is 3.24. The Labute approximate surface area is 119 Å². The number of hydrogen-bond acceptors (Lipinski definition) is 3. The van der Waals surface area contributed by atoms with E-state index >= 15 is 0 Å². The third-order valence-electron chi connectivity index (χ3n) is 4.41. The maximum absolute atomic E-state index is 14.3. The number of hydrogen-bond donors (Lipinski definition) is 2. The molecule has 3 nitrogen and oxygen atoms in total. The van der Waals surface area contributed by atoms with Gasteiger partial charge in [-0.25, -0.2) is 4.39 Å². The summed E-state index contributed by atoms with van der Waals surface area (Å²) in [6.07, 6.45) is 2.92. The third-order valence-corrected chi connectivity index (χ3v) is 4.41. The van der Waals surface area contributed by atoms with Crippen molar-refractivity contribution in [2.45, 2.75) is 44.9 Å². The van der Waals surface area contributed by atoms with Gasteiger partial charge in [0.15, 0.2) is 0 Å². The molecule has 2 unspecified atom stereocenters. The van der Waals surface area contributed by atoms with Gasteiger partial charge < -0.3 is 15.3 Å². The van der Waals surface area contributed by atoms with E-state index in [1.54, 1.807) is 6.07 Å². The SMILES string of the molecule is CC1CN(c2c(F)cccc2CNC2CC2)CCC1O. The standard InChI is InChI=1S/C16H23FN2O/c1-11-10-19(8-7-15(11)20)16-12(3-2-4-14(16)17)9-18-13-5-6-13/h2-4,11,13,15,18,20H,5-10H2,1H3. The van der Waals surface area contributed by atoms with E-state index in [-0.39, 0.29) is 17.8 Å². The molecule has 1 aliphatic carbocycles. The third kappa shape index (κ3) is 2.96.